The smallest absolute Gasteiger partial charge is 0.261 e. The minimum Gasteiger partial charge on any atom is -0.481 e. The topological polar surface area (TPSA) is 73.9 Å². The fourth-order valence-electron chi connectivity index (χ4n) is 1.95. The molecule has 0 aliphatic carbocycles. The average molecular weight is 256 g/mol. The molecule has 3 aromatic rings. The van der Waals surface area contributed by atoms with E-state index in [0.717, 1.165) is 22.3 Å². The van der Waals surface area contributed by atoms with Crippen molar-refractivity contribution in [2.75, 3.05) is 7.11 Å². The molecule has 0 aromatic carbocycles. The van der Waals surface area contributed by atoms with Crippen molar-refractivity contribution in [1.82, 2.24) is 20.1 Å². The number of rotatable bonds is 2. The molecule has 0 spiro atoms. The van der Waals surface area contributed by atoms with Crippen LogP contribution in [0, 0.1) is 13.8 Å². The maximum absolute atomic E-state index is 5.19. The minimum atomic E-state index is 0.496. The van der Waals surface area contributed by atoms with Gasteiger partial charge in [0.25, 0.3) is 5.71 Å². The maximum atomic E-state index is 5.19. The van der Waals surface area contributed by atoms with E-state index in [2.05, 4.69) is 20.1 Å². The first-order valence-corrected chi connectivity index (χ1v) is 5.80. The molecule has 0 aliphatic heterocycles. The lowest BCUT2D eigenvalue weighted by Crippen LogP contribution is -1.94. The summed E-state index contributed by atoms with van der Waals surface area (Å²) < 4.78 is 10.2. The van der Waals surface area contributed by atoms with Crippen LogP contribution in [0.4, 0.5) is 0 Å². The number of hydrogen-bond donors (Lipinski definition) is 0. The quantitative estimate of drug-likeness (QED) is 0.700. The fourth-order valence-corrected chi connectivity index (χ4v) is 1.95. The van der Waals surface area contributed by atoms with E-state index in [1.54, 1.807) is 19.4 Å². The zero-order valence-corrected chi connectivity index (χ0v) is 10.8. The first-order chi connectivity index (χ1) is 9.19. The van der Waals surface area contributed by atoms with Crippen molar-refractivity contribution in [3.63, 3.8) is 0 Å². The van der Waals surface area contributed by atoms with E-state index < -0.39 is 0 Å². The van der Waals surface area contributed by atoms with Crippen LogP contribution >= 0.6 is 0 Å². The highest BCUT2D eigenvalue weighted by Gasteiger charge is 2.15. The normalized spacial score (nSPS) is 10.9. The van der Waals surface area contributed by atoms with Gasteiger partial charge in [0.1, 0.15) is 5.82 Å². The van der Waals surface area contributed by atoms with Crippen LogP contribution in [0.3, 0.4) is 0 Å². The Morgan fingerprint density at radius 1 is 1.16 bits per heavy atom. The lowest BCUT2D eigenvalue weighted by molar-refractivity contribution is 0.398. The number of nitrogens with zero attached hydrogens (tertiary/aromatic N) is 4. The second kappa shape index (κ2) is 4.31. The zero-order chi connectivity index (χ0) is 13.4. The molecule has 3 heterocycles. The van der Waals surface area contributed by atoms with Crippen molar-refractivity contribution < 1.29 is 9.26 Å². The Bertz CT molecular complexity index is 734. The largest absolute Gasteiger partial charge is 0.481 e. The summed E-state index contributed by atoms with van der Waals surface area (Å²) in [7, 11) is 1.58. The predicted molar refractivity (Wildman–Crippen MR) is 68.9 cm³/mol. The van der Waals surface area contributed by atoms with Crippen LogP contribution in [0.25, 0.3) is 22.4 Å². The fraction of sp³-hybridized carbons (Fsp3) is 0.231. The number of methoxy groups -OCH3 is 1. The monoisotopic (exact) mass is 256 g/mol. The molecule has 0 unspecified atom stereocenters. The Balaban J connectivity index is 2.25. The standard InChI is InChI=1S/C13H12N4O2/c1-7-11-12(9-4-5-10(18-3)14-6-9)15-8(2)16-13(11)19-17-7/h4-6H,1-3H3. The van der Waals surface area contributed by atoms with Crippen LogP contribution in [0.1, 0.15) is 11.5 Å². The van der Waals surface area contributed by atoms with Gasteiger partial charge in [-0.05, 0) is 19.9 Å². The summed E-state index contributed by atoms with van der Waals surface area (Å²) in [5.74, 6) is 1.20. The maximum Gasteiger partial charge on any atom is 0.261 e. The number of pyridine rings is 1. The van der Waals surface area contributed by atoms with Crippen molar-refractivity contribution in [3.05, 3.63) is 29.8 Å². The van der Waals surface area contributed by atoms with Crippen molar-refractivity contribution >= 4 is 11.1 Å². The van der Waals surface area contributed by atoms with Gasteiger partial charge in [-0.1, -0.05) is 5.16 Å². The molecule has 0 saturated carbocycles. The Kier molecular flexibility index (Phi) is 2.63. The lowest BCUT2D eigenvalue weighted by atomic mass is 10.1. The molecule has 0 aliphatic rings. The van der Waals surface area contributed by atoms with E-state index in [1.807, 2.05) is 19.9 Å². The minimum absolute atomic E-state index is 0.496. The third-order valence-corrected chi connectivity index (χ3v) is 2.84. The van der Waals surface area contributed by atoms with Crippen molar-refractivity contribution in [2.24, 2.45) is 0 Å². The molecule has 3 rings (SSSR count). The molecule has 0 amide bonds. The first kappa shape index (κ1) is 11.6. The second-order valence-corrected chi connectivity index (χ2v) is 4.16. The van der Waals surface area contributed by atoms with E-state index in [9.17, 15) is 0 Å². The molecule has 0 saturated heterocycles. The Morgan fingerprint density at radius 3 is 2.68 bits per heavy atom. The first-order valence-electron chi connectivity index (χ1n) is 5.80. The van der Waals surface area contributed by atoms with Gasteiger partial charge < -0.3 is 9.26 Å². The highest BCUT2D eigenvalue weighted by atomic mass is 16.5. The second-order valence-electron chi connectivity index (χ2n) is 4.16. The summed E-state index contributed by atoms with van der Waals surface area (Å²) in [6.45, 7) is 3.68. The number of ether oxygens (including phenoxy) is 1. The summed E-state index contributed by atoms with van der Waals surface area (Å²) >= 11 is 0. The van der Waals surface area contributed by atoms with Crippen LogP contribution in [0.5, 0.6) is 5.88 Å². The van der Waals surface area contributed by atoms with Crippen LogP contribution < -0.4 is 4.74 Å². The molecule has 0 fully saturated rings. The zero-order valence-electron chi connectivity index (χ0n) is 10.8. The Labute approximate surface area is 109 Å². The van der Waals surface area contributed by atoms with E-state index in [1.165, 1.54) is 0 Å². The van der Waals surface area contributed by atoms with Gasteiger partial charge in [0.05, 0.1) is 23.9 Å². The summed E-state index contributed by atoms with van der Waals surface area (Å²) in [6.07, 6.45) is 1.71. The van der Waals surface area contributed by atoms with Gasteiger partial charge >= 0.3 is 0 Å². The third-order valence-electron chi connectivity index (χ3n) is 2.84. The Morgan fingerprint density at radius 2 is 2.00 bits per heavy atom. The highest BCUT2D eigenvalue weighted by Crippen LogP contribution is 2.28. The van der Waals surface area contributed by atoms with Gasteiger partial charge in [-0.2, -0.15) is 4.98 Å². The number of hydrogen-bond acceptors (Lipinski definition) is 6. The van der Waals surface area contributed by atoms with Crippen LogP contribution in [0.2, 0.25) is 0 Å². The summed E-state index contributed by atoms with van der Waals surface area (Å²) in [5.41, 5.74) is 2.91. The summed E-state index contributed by atoms with van der Waals surface area (Å²) in [6, 6.07) is 3.70. The van der Waals surface area contributed by atoms with Gasteiger partial charge in [0.15, 0.2) is 0 Å². The van der Waals surface area contributed by atoms with Gasteiger partial charge in [-0.3, -0.25) is 0 Å². The molecular weight excluding hydrogens is 244 g/mol. The van der Waals surface area contributed by atoms with Gasteiger partial charge in [-0.15, -0.1) is 0 Å². The molecule has 6 nitrogen and oxygen atoms in total. The van der Waals surface area contributed by atoms with Crippen LogP contribution in [-0.2, 0) is 0 Å². The Hall–Kier alpha value is -2.50. The molecule has 96 valence electrons. The van der Waals surface area contributed by atoms with E-state index in [4.69, 9.17) is 9.26 Å². The molecule has 6 heteroatoms. The number of fused-ring (bicyclic) bond motifs is 1. The summed E-state index contributed by atoms with van der Waals surface area (Å²) in [4.78, 5) is 12.9. The van der Waals surface area contributed by atoms with E-state index >= 15 is 0 Å². The van der Waals surface area contributed by atoms with E-state index in [0.29, 0.717) is 17.4 Å². The molecular formula is C13H12N4O2. The molecule has 19 heavy (non-hydrogen) atoms. The third kappa shape index (κ3) is 1.91. The summed E-state index contributed by atoms with van der Waals surface area (Å²) in [5, 5.41) is 4.75. The molecule has 0 atom stereocenters. The van der Waals surface area contributed by atoms with Gasteiger partial charge in [0.2, 0.25) is 5.88 Å². The molecule has 0 radical (unpaired) electrons. The number of aromatic nitrogens is 4. The lowest BCUT2D eigenvalue weighted by Gasteiger charge is -2.04. The van der Waals surface area contributed by atoms with Gasteiger partial charge in [-0.25, -0.2) is 9.97 Å². The SMILES string of the molecule is COc1ccc(-c2nc(C)nc3onc(C)c23)cn1. The van der Waals surface area contributed by atoms with Crippen molar-refractivity contribution in [2.45, 2.75) is 13.8 Å². The van der Waals surface area contributed by atoms with Gasteiger partial charge in [0, 0.05) is 17.8 Å². The molecule has 0 N–H and O–H groups in total. The highest BCUT2D eigenvalue weighted by molar-refractivity contribution is 5.90. The van der Waals surface area contributed by atoms with Crippen molar-refractivity contribution in [1.29, 1.82) is 0 Å². The van der Waals surface area contributed by atoms with Crippen LogP contribution in [0.15, 0.2) is 22.9 Å². The van der Waals surface area contributed by atoms with Crippen LogP contribution in [-0.4, -0.2) is 27.2 Å². The predicted octanol–water partition coefficient (Wildman–Crippen LogP) is 2.31. The van der Waals surface area contributed by atoms with Crippen molar-refractivity contribution in [3.8, 4) is 17.1 Å². The number of aryl methyl sites for hydroxylation is 2. The molecule has 3 aromatic heterocycles. The molecule has 0 bridgehead atoms. The van der Waals surface area contributed by atoms with E-state index in [-0.39, 0.29) is 0 Å². The average Bonchev–Trinajstić information content (AvgIpc) is 2.79.